The van der Waals surface area contributed by atoms with Gasteiger partial charge in [-0.1, -0.05) is 0 Å². The molecule has 0 bridgehead atoms. The molecule has 0 unspecified atom stereocenters. The van der Waals surface area contributed by atoms with Crippen LogP contribution in [-0.2, 0) is 0 Å². The third-order valence-corrected chi connectivity index (χ3v) is 1.45. The molecule has 3 nitrogen and oxygen atoms in total. The van der Waals surface area contributed by atoms with Crippen LogP contribution in [0.2, 0.25) is 0 Å². The van der Waals surface area contributed by atoms with Gasteiger partial charge < -0.3 is 5.21 Å². The summed E-state index contributed by atoms with van der Waals surface area (Å²) in [5.41, 5.74) is 0. The second-order valence-electron chi connectivity index (χ2n) is 1.55. The molecule has 0 aromatic carbocycles. The quantitative estimate of drug-likeness (QED) is 0.250. The van der Waals surface area contributed by atoms with Crippen LogP contribution in [0, 0.1) is 5.21 Å². The van der Waals surface area contributed by atoms with Gasteiger partial charge in [0.05, 0.1) is 0 Å². The highest BCUT2D eigenvalue weighted by Crippen LogP contribution is 1.98. The lowest BCUT2D eigenvalue weighted by Crippen LogP contribution is -1.95. The molecule has 0 aliphatic heterocycles. The number of thiazole rings is 1. The van der Waals surface area contributed by atoms with E-state index in [-0.39, 0.29) is 0 Å². The van der Waals surface area contributed by atoms with E-state index in [9.17, 15) is 5.21 Å². The summed E-state index contributed by atoms with van der Waals surface area (Å²) in [5, 5.41) is 12.9. The summed E-state index contributed by atoms with van der Waals surface area (Å²) in [6, 6.07) is 0. The Morgan fingerprint density at radius 1 is 1.89 bits per heavy atom. The molecule has 9 heavy (non-hydrogen) atoms. The van der Waals surface area contributed by atoms with Crippen molar-refractivity contribution < 1.29 is 4.74 Å². The first kappa shape index (κ1) is 6.22. The largest absolute Gasteiger partial charge is 0.624 e. The summed E-state index contributed by atoms with van der Waals surface area (Å²) in [6.07, 6.45) is 3.10. The van der Waals surface area contributed by atoms with Crippen LogP contribution >= 0.6 is 11.3 Å². The summed E-state index contributed by atoms with van der Waals surface area (Å²) in [5.74, 6) is 0. The van der Waals surface area contributed by atoms with Crippen LogP contribution in [0.1, 0.15) is 5.01 Å². The summed E-state index contributed by atoms with van der Waals surface area (Å²) in [4.78, 5) is 3.88. The van der Waals surface area contributed by atoms with E-state index in [0.29, 0.717) is 0 Å². The average molecular weight is 142 g/mol. The summed E-state index contributed by atoms with van der Waals surface area (Å²) >= 11 is 1.44. The fraction of sp³-hybridized carbons (Fsp3) is 0.200. The van der Waals surface area contributed by atoms with Crippen LogP contribution in [0.15, 0.2) is 11.6 Å². The van der Waals surface area contributed by atoms with Crippen LogP contribution < -0.4 is 0 Å². The molecular weight excluding hydrogens is 136 g/mol. The minimum Gasteiger partial charge on any atom is -0.624 e. The molecule has 0 aliphatic carbocycles. The van der Waals surface area contributed by atoms with Crippen molar-refractivity contribution in [3.8, 4) is 0 Å². The maximum atomic E-state index is 10.3. The van der Waals surface area contributed by atoms with Gasteiger partial charge in [-0.15, -0.1) is 11.3 Å². The maximum absolute atomic E-state index is 10.3. The smallest absolute Gasteiger partial charge is 0.210 e. The van der Waals surface area contributed by atoms with Crippen molar-refractivity contribution in [3.05, 3.63) is 21.8 Å². The maximum Gasteiger partial charge on any atom is 0.210 e. The van der Waals surface area contributed by atoms with Gasteiger partial charge in [0.1, 0.15) is 7.05 Å². The summed E-state index contributed by atoms with van der Waals surface area (Å²) < 4.78 is 0.735. The average Bonchev–Trinajstić information content (AvgIpc) is 2.15. The van der Waals surface area contributed by atoms with E-state index >= 15 is 0 Å². The molecule has 1 aromatic rings. The zero-order valence-electron chi connectivity index (χ0n) is 4.94. The third-order valence-electron chi connectivity index (χ3n) is 0.744. The number of rotatable bonds is 1. The molecule has 1 heterocycles. The van der Waals surface area contributed by atoms with E-state index in [1.165, 1.54) is 24.6 Å². The Balaban J connectivity index is 2.80. The van der Waals surface area contributed by atoms with Crippen molar-refractivity contribution in [1.82, 2.24) is 4.98 Å². The fourth-order valence-corrected chi connectivity index (χ4v) is 1.05. The van der Waals surface area contributed by atoms with E-state index in [1.807, 2.05) is 5.38 Å². The highest BCUT2D eigenvalue weighted by Gasteiger charge is 1.90. The molecule has 1 aromatic heterocycles. The molecule has 0 atom stereocenters. The van der Waals surface area contributed by atoms with Crippen molar-refractivity contribution in [1.29, 1.82) is 0 Å². The van der Waals surface area contributed by atoms with E-state index in [0.717, 1.165) is 9.75 Å². The predicted molar refractivity (Wildman–Crippen MR) is 36.8 cm³/mol. The predicted octanol–water partition coefficient (Wildman–Crippen LogP) is 0.702. The minimum atomic E-state index is 0.735. The Bertz CT molecular complexity index is 201. The highest BCUT2D eigenvalue weighted by molar-refractivity contribution is 7.11. The number of hydrogen-bond donors (Lipinski definition) is 0. The van der Waals surface area contributed by atoms with Gasteiger partial charge in [-0.25, -0.2) is 9.72 Å². The lowest BCUT2D eigenvalue weighted by atomic mass is 10.7. The first-order valence-electron chi connectivity index (χ1n) is 2.43. The Morgan fingerprint density at radius 3 is 3.11 bits per heavy atom. The number of aromatic nitrogens is 1. The van der Waals surface area contributed by atoms with Crippen molar-refractivity contribution in [2.75, 3.05) is 7.05 Å². The molecule has 0 amide bonds. The van der Waals surface area contributed by atoms with Gasteiger partial charge in [0, 0.05) is 11.6 Å². The monoisotopic (exact) mass is 142 g/mol. The molecule has 0 radical (unpaired) electrons. The van der Waals surface area contributed by atoms with Crippen LogP contribution in [0.5, 0.6) is 0 Å². The first-order valence-corrected chi connectivity index (χ1v) is 3.31. The Labute approximate surface area is 56.9 Å². The molecule has 0 spiro atoms. The lowest BCUT2D eigenvalue weighted by Gasteiger charge is -1.89. The first-order chi connectivity index (χ1) is 4.29. The molecule has 48 valence electrons. The van der Waals surface area contributed by atoms with Gasteiger partial charge in [0.15, 0.2) is 5.01 Å². The van der Waals surface area contributed by atoms with Gasteiger partial charge >= 0.3 is 0 Å². The van der Waals surface area contributed by atoms with E-state index in [1.54, 1.807) is 6.20 Å². The summed E-state index contributed by atoms with van der Waals surface area (Å²) in [7, 11) is 1.43. The van der Waals surface area contributed by atoms with E-state index in [4.69, 9.17) is 0 Å². The van der Waals surface area contributed by atoms with E-state index < -0.39 is 0 Å². The molecule has 0 fully saturated rings. The molecule has 1 rings (SSSR count). The summed E-state index contributed by atoms with van der Waals surface area (Å²) in [6.45, 7) is 0. The van der Waals surface area contributed by atoms with Gasteiger partial charge in [0.2, 0.25) is 6.21 Å². The zero-order chi connectivity index (χ0) is 6.69. The van der Waals surface area contributed by atoms with Gasteiger partial charge in [-0.3, -0.25) is 0 Å². The SMILES string of the molecule is C[N+]([O-])=Cc1nccs1. The second-order valence-corrected chi connectivity index (χ2v) is 2.47. The van der Waals surface area contributed by atoms with E-state index in [2.05, 4.69) is 4.98 Å². The fourth-order valence-electron chi connectivity index (χ4n) is 0.454. The molecule has 0 saturated carbocycles. The van der Waals surface area contributed by atoms with Gasteiger partial charge in [-0.2, -0.15) is 0 Å². The topological polar surface area (TPSA) is 39.0 Å². The van der Waals surface area contributed by atoms with Crippen LogP contribution in [0.25, 0.3) is 0 Å². The Hall–Kier alpha value is -0.900. The van der Waals surface area contributed by atoms with Gasteiger partial charge in [0.25, 0.3) is 0 Å². The van der Waals surface area contributed by atoms with Gasteiger partial charge in [-0.05, 0) is 0 Å². The van der Waals surface area contributed by atoms with Crippen LogP contribution in [-0.4, -0.2) is 23.0 Å². The van der Waals surface area contributed by atoms with Crippen molar-refractivity contribution in [2.45, 2.75) is 0 Å². The van der Waals surface area contributed by atoms with Crippen molar-refractivity contribution in [2.24, 2.45) is 0 Å². The Morgan fingerprint density at radius 2 is 2.67 bits per heavy atom. The lowest BCUT2D eigenvalue weighted by molar-refractivity contribution is -0.416. The zero-order valence-corrected chi connectivity index (χ0v) is 5.76. The van der Waals surface area contributed by atoms with Crippen LogP contribution in [0.4, 0.5) is 0 Å². The standard InChI is InChI=1S/C5H6N2OS/c1-7(8)4-5-6-2-3-9-5/h2-4H,1H3. The number of hydrogen-bond acceptors (Lipinski definition) is 3. The second kappa shape index (κ2) is 2.59. The number of nitrogens with zero attached hydrogens (tertiary/aromatic N) is 2. The molecular formula is C5H6N2OS. The minimum absolute atomic E-state index is 0.735. The molecule has 0 N–H and O–H groups in total. The highest BCUT2D eigenvalue weighted by atomic mass is 32.1. The Kier molecular flexibility index (Phi) is 1.79. The number of hydroxylamine groups is 1. The molecule has 0 aliphatic rings. The third kappa shape index (κ3) is 1.81. The van der Waals surface area contributed by atoms with Crippen LogP contribution in [0.3, 0.4) is 0 Å². The van der Waals surface area contributed by atoms with Crippen molar-refractivity contribution in [3.63, 3.8) is 0 Å². The van der Waals surface area contributed by atoms with Crippen molar-refractivity contribution >= 4 is 17.6 Å². The molecule has 4 heteroatoms. The normalized spacial score (nSPS) is 11.9. The molecule has 0 saturated heterocycles.